The second-order valence-electron chi connectivity index (χ2n) is 4.45. The van der Waals surface area contributed by atoms with E-state index in [2.05, 4.69) is 36.2 Å². The minimum Gasteiger partial charge on any atom is -0.302 e. The van der Waals surface area contributed by atoms with Gasteiger partial charge in [0.2, 0.25) is 0 Å². The van der Waals surface area contributed by atoms with Crippen LogP contribution in [0, 0.1) is 6.92 Å². The van der Waals surface area contributed by atoms with Gasteiger partial charge in [0, 0.05) is 12.6 Å². The number of aromatic nitrogens is 2. The van der Waals surface area contributed by atoms with Crippen LogP contribution in [0.15, 0.2) is 48.8 Å². The van der Waals surface area contributed by atoms with Crippen molar-refractivity contribution in [3.63, 3.8) is 0 Å². The molecule has 0 unspecified atom stereocenters. The Labute approximate surface area is 111 Å². The second-order valence-corrected chi connectivity index (χ2v) is 4.86. The zero-order valence-corrected chi connectivity index (χ0v) is 10.9. The molecule has 90 valence electrons. The third kappa shape index (κ3) is 2.00. The van der Waals surface area contributed by atoms with Crippen LogP contribution in [0.5, 0.6) is 0 Å². The Kier molecular flexibility index (Phi) is 2.80. The van der Waals surface area contributed by atoms with Gasteiger partial charge in [0.15, 0.2) is 0 Å². The molecule has 3 aromatic rings. The molecule has 0 fully saturated rings. The first-order chi connectivity index (χ1) is 8.74. The SMILES string of the molecule is Cc1cccc(Cc2ncc3c(Cl)cccn23)c1. The van der Waals surface area contributed by atoms with Crippen molar-refractivity contribution in [2.75, 3.05) is 0 Å². The van der Waals surface area contributed by atoms with E-state index in [9.17, 15) is 0 Å². The van der Waals surface area contributed by atoms with Gasteiger partial charge in [-0.05, 0) is 24.6 Å². The van der Waals surface area contributed by atoms with E-state index in [-0.39, 0.29) is 0 Å². The summed E-state index contributed by atoms with van der Waals surface area (Å²) in [6.45, 7) is 2.10. The van der Waals surface area contributed by atoms with Gasteiger partial charge in [-0.1, -0.05) is 41.4 Å². The van der Waals surface area contributed by atoms with Crippen LogP contribution in [-0.2, 0) is 6.42 Å². The number of aryl methyl sites for hydroxylation is 1. The number of hydrogen-bond acceptors (Lipinski definition) is 1. The molecule has 3 rings (SSSR count). The summed E-state index contributed by atoms with van der Waals surface area (Å²) in [7, 11) is 0. The predicted octanol–water partition coefficient (Wildman–Crippen LogP) is 3.89. The summed E-state index contributed by atoms with van der Waals surface area (Å²) in [5.41, 5.74) is 3.50. The highest BCUT2D eigenvalue weighted by atomic mass is 35.5. The molecule has 0 amide bonds. The molecule has 0 aliphatic rings. The van der Waals surface area contributed by atoms with E-state index in [1.165, 1.54) is 11.1 Å². The first-order valence-corrected chi connectivity index (χ1v) is 6.28. The zero-order chi connectivity index (χ0) is 12.5. The zero-order valence-electron chi connectivity index (χ0n) is 10.1. The monoisotopic (exact) mass is 256 g/mol. The van der Waals surface area contributed by atoms with E-state index in [0.29, 0.717) is 0 Å². The van der Waals surface area contributed by atoms with E-state index < -0.39 is 0 Å². The molecule has 0 radical (unpaired) electrons. The lowest BCUT2D eigenvalue weighted by atomic mass is 10.1. The molecule has 2 heterocycles. The average Bonchev–Trinajstić information content (AvgIpc) is 2.74. The lowest BCUT2D eigenvalue weighted by molar-refractivity contribution is 0.960. The van der Waals surface area contributed by atoms with E-state index in [4.69, 9.17) is 11.6 Å². The van der Waals surface area contributed by atoms with Gasteiger partial charge in [-0.25, -0.2) is 4.98 Å². The Morgan fingerprint density at radius 3 is 2.94 bits per heavy atom. The molecule has 1 aromatic carbocycles. The Morgan fingerprint density at radius 1 is 1.22 bits per heavy atom. The van der Waals surface area contributed by atoms with Crippen molar-refractivity contribution in [3.8, 4) is 0 Å². The van der Waals surface area contributed by atoms with Gasteiger partial charge in [-0.3, -0.25) is 0 Å². The van der Waals surface area contributed by atoms with E-state index in [1.807, 2.05) is 28.9 Å². The maximum atomic E-state index is 6.14. The van der Waals surface area contributed by atoms with Gasteiger partial charge in [-0.2, -0.15) is 0 Å². The maximum Gasteiger partial charge on any atom is 0.117 e. The number of rotatable bonds is 2. The topological polar surface area (TPSA) is 17.3 Å². The standard InChI is InChI=1S/C15H13ClN2/c1-11-4-2-5-12(8-11)9-15-17-10-14-13(16)6-3-7-18(14)15/h2-8,10H,9H2,1H3. The Morgan fingerprint density at radius 2 is 2.11 bits per heavy atom. The molecular weight excluding hydrogens is 244 g/mol. The first kappa shape index (κ1) is 11.3. The smallest absolute Gasteiger partial charge is 0.117 e. The molecule has 0 aliphatic heterocycles. The predicted molar refractivity (Wildman–Crippen MR) is 74.2 cm³/mol. The molecule has 0 saturated heterocycles. The molecule has 0 atom stereocenters. The van der Waals surface area contributed by atoms with Crippen LogP contribution in [-0.4, -0.2) is 9.38 Å². The molecular formula is C15H13ClN2. The van der Waals surface area contributed by atoms with Crippen molar-refractivity contribution in [1.29, 1.82) is 0 Å². The van der Waals surface area contributed by atoms with Gasteiger partial charge < -0.3 is 4.40 Å². The van der Waals surface area contributed by atoms with Crippen molar-refractivity contribution in [2.24, 2.45) is 0 Å². The first-order valence-electron chi connectivity index (χ1n) is 5.90. The second kappa shape index (κ2) is 4.46. The lowest BCUT2D eigenvalue weighted by Gasteiger charge is -2.03. The van der Waals surface area contributed by atoms with Gasteiger partial charge in [0.25, 0.3) is 0 Å². The number of halogens is 1. The molecule has 2 aromatic heterocycles. The van der Waals surface area contributed by atoms with Crippen molar-refractivity contribution in [2.45, 2.75) is 13.3 Å². The van der Waals surface area contributed by atoms with E-state index in [1.54, 1.807) is 0 Å². The summed E-state index contributed by atoms with van der Waals surface area (Å²) in [5.74, 6) is 1.01. The van der Waals surface area contributed by atoms with Crippen LogP contribution in [0.2, 0.25) is 5.02 Å². The molecule has 0 aliphatic carbocycles. The van der Waals surface area contributed by atoms with Crippen LogP contribution in [0.3, 0.4) is 0 Å². The van der Waals surface area contributed by atoms with E-state index in [0.717, 1.165) is 22.8 Å². The summed E-state index contributed by atoms with van der Waals surface area (Å²) in [4.78, 5) is 4.46. The molecule has 3 heteroatoms. The summed E-state index contributed by atoms with van der Waals surface area (Å²) in [5, 5.41) is 0.737. The van der Waals surface area contributed by atoms with Crippen LogP contribution < -0.4 is 0 Å². The van der Waals surface area contributed by atoms with Crippen LogP contribution in [0.25, 0.3) is 5.52 Å². The quantitative estimate of drug-likeness (QED) is 0.680. The van der Waals surface area contributed by atoms with Gasteiger partial charge >= 0.3 is 0 Å². The van der Waals surface area contributed by atoms with E-state index >= 15 is 0 Å². The fraction of sp³-hybridized carbons (Fsp3) is 0.133. The highest BCUT2D eigenvalue weighted by molar-refractivity contribution is 6.33. The lowest BCUT2D eigenvalue weighted by Crippen LogP contribution is -1.96. The fourth-order valence-corrected chi connectivity index (χ4v) is 2.39. The third-order valence-corrected chi connectivity index (χ3v) is 3.36. The van der Waals surface area contributed by atoms with Crippen molar-refractivity contribution in [3.05, 3.63) is 70.8 Å². The van der Waals surface area contributed by atoms with Gasteiger partial charge in [-0.15, -0.1) is 0 Å². The minimum atomic E-state index is 0.737. The molecule has 0 spiro atoms. The summed E-state index contributed by atoms with van der Waals surface area (Å²) >= 11 is 6.14. The number of nitrogens with zero attached hydrogens (tertiary/aromatic N) is 2. The van der Waals surface area contributed by atoms with Crippen molar-refractivity contribution < 1.29 is 0 Å². The number of pyridine rings is 1. The number of imidazole rings is 1. The highest BCUT2D eigenvalue weighted by Crippen LogP contribution is 2.19. The largest absolute Gasteiger partial charge is 0.302 e. The van der Waals surface area contributed by atoms with Crippen molar-refractivity contribution in [1.82, 2.24) is 9.38 Å². The minimum absolute atomic E-state index is 0.737. The Hall–Kier alpha value is -1.80. The molecule has 0 N–H and O–H groups in total. The van der Waals surface area contributed by atoms with Crippen LogP contribution >= 0.6 is 11.6 Å². The third-order valence-electron chi connectivity index (χ3n) is 3.04. The fourth-order valence-electron chi connectivity index (χ4n) is 2.18. The van der Waals surface area contributed by atoms with Crippen LogP contribution in [0.4, 0.5) is 0 Å². The summed E-state index contributed by atoms with van der Waals surface area (Å²) in [6.07, 6.45) is 4.64. The summed E-state index contributed by atoms with van der Waals surface area (Å²) < 4.78 is 2.05. The Bertz CT molecular complexity index is 701. The molecule has 0 bridgehead atoms. The average molecular weight is 257 g/mol. The molecule has 18 heavy (non-hydrogen) atoms. The molecule has 0 saturated carbocycles. The van der Waals surface area contributed by atoms with Crippen LogP contribution in [0.1, 0.15) is 17.0 Å². The summed E-state index contributed by atoms with van der Waals surface area (Å²) in [6, 6.07) is 12.3. The number of fused-ring (bicyclic) bond motifs is 1. The molecule has 2 nitrogen and oxygen atoms in total. The number of benzene rings is 1. The number of hydrogen-bond donors (Lipinski definition) is 0. The highest BCUT2D eigenvalue weighted by Gasteiger charge is 2.06. The normalized spacial score (nSPS) is 11.0. The van der Waals surface area contributed by atoms with Gasteiger partial charge in [0.05, 0.1) is 16.7 Å². The van der Waals surface area contributed by atoms with Crippen molar-refractivity contribution >= 4 is 17.1 Å². The van der Waals surface area contributed by atoms with Gasteiger partial charge in [0.1, 0.15) is 5.82 Å². The Balaban J connectivity index is 2.03. The maximum absolute atomic E-state index is 6.14.